The third-order valence-corrected chi connectivity index (χ3v) is 11.7. The summed E-state index contributed by atoms with van der Waals surface area (Å²) in [6, 6.07) is 0. The number of ketones is 1. The number of nitrogens with one attached hydrogen (secondary N) is 1. The lowest BCUT2D eigenvalue weighted by Gasteiger charge is -2.52. The highest BCUT2D eigenvalue weighted by Gasteiger charge is 2.63. The van der Waals surface area contributed by atoms with Crippen molar-refractivity contribution in [3.05, 3.63) is 11.1 Å². The summed E-state index contributed by atoms with van der Waals surface area (Å²) in [6.07, 6.45) is 11.3. The molecular formula is C28H44N2O2. The standard InChI is InChI=1S/C28H44N2O2/c1-16-11-25-28(29,30-15-16)18(3)27(32-25)10-8-21-22-6-5-19-12-20(31)7-9-26(19,4)24(22)13-23(21)17(2)14-27/h16,18-19,21-22,24-25,30H,5-15,29H2,1-4H3/t16-,18-,19+,21-,22-,24-,25+,26-,27?,28-/m0/s1. The quantitative estimate of drug-likeness (QED) is 0.522. The Morgan fingerprint density at radius 1 is 1.12 bits per heavy atom. The predicted octanol–water partition coefficient (Wildman–Crippen LogP) is 4.97. The lowest BCUT2D eigenvalue weighted by atomic mass is 9.52. The van der Waals surface area contributed by atoms with Gasteiger partial charge in [0.05, 0.1) is 17.4 Å². The van der Waals surface area contributed by atoms with Crippen molar-refractivity contribution in [1.29, 1.82) is 0 Å². The molecule has 0 aromatic carbocycles. The van der Waals surface area contributed by atoms with E-state index in [0.29, 0.717) is 29.0 Å². The number of Topliss-reactive ketones (excluding diaryl/α,β-unsaturated/α-hetero) is 1. The lowest BCUT2D eigenvalue weighted by Crippen LogP contribution is -2.67. The van der Waals surface area contributed by atoms with Crippen LogP contribution in [0.1, 0.15) is 91.9 Å². The fourth-order valence-electron chi connectivity index (χ4n) is 9.65. The molecule has 0 bridgehead atoms. The van der Waals surface area contributed by atoms with Gasteiger partial charge >= 0.3 is 0 Å². The molecule has 4 nitrogen and oxygen atoms in total. The van der Waals surface area contributed by atoms with Crippen LogP contribution in [0.15, 0.2) is 11.1 Å². The highest BCUT2D eigenvalue weighted by Crippen LogP contribution is 2.65. The molecule has 1 spiro atoms. The van der Waals surface area contributed by atoms with Crippen LogP contribution in [0.3, 0.4) is 0 Å². The maximum absolute atomic E-state index is 12.2. The summed E-state index contributed by atoms with van der Waals surface area (Å²) in [5.74, 6) is 4.43. The topological polar surface area (TPSA) is 64.3 Å². The van der Waals surface area contributed by atoms with Gasteiger partial charge in [-0.25, -0.2) is 0 Å². The third kappa shape index (κ3) is 2.88. The van der Waals surface area contributed by atoms with E-state index in [0.717, 1.165) is 62.8 Å². The number of rotatable bonds is 0. The van der Waals surface area contributed by atoms with Gasteiger partial charge in [-0.3, -0.25) is 10.1 Å². The molecule has 1 unspecified atom stereocenters. The molecule has 5 fully saturated rings. The van der Waals surface area contributed by atoms with Crippen molar-refractivity contribution in [3.63, 3.8) is 0 Å². The molecular weight excluding hydrogens is 396 g/mol. The van der Waals surface area contributed by atoms with Crippen molar-refractivity contribution in [1.82, 2.24) is 5.32 Å². The Morgan fingerprint density at radius 2 is 1.94 bits per heavy atom. The van der Waals surface area contributed by atoms with Gasteiger partial charge in [0.1, 0.15) is 5.78 Å². The van der Waals surface area contributed by atoms with E-state index in [4.69, 9.17) is 10.5 Å². The molecule has 4 heteroatoms. The zero-order chi connectivity index (χ0) is 22.5. The number of carbonyl (C=O) groups excluding carboxylic acids is 1. The second-order valence-corrected chi connectivity index (χ2v) is 13.2. The molecule has 0 aromatic heterocycles. The first-order valence-electron chi connectivity index (χ1n) is 13.6. The largest absolute Gasteiger partial charge is 0.368 e. The van der Waals surface area contributed by atoms with E-state index < -0.39 is 0 Å². The predicted molar refractivity (Wildman–Crippen MR) is 127 cm³/mol. The first-order valence-corrected chi connectivity index (χ1v) is 13.6. The fraction of sp³-hybridized carbons (Fsp3) is 0.893. The van der Waals surface area contributed by atoms with Gasteiger partial charge < -0.3 is 10.5 Å². The zero-order valence-corrected chi connectivity index (χ0v) is 20.7. The molecule has 3 N–H and O–H groups in total. The fourth-order valence-corrected chi connectivity index (χ4v) is 9.65. The average molecular weight is 441 g/mol. The summed E-state index contributed by atoms with van der Waals surface area (Å²) in [6.45, 7) is 10.6. The van der Waals surface area contributed by atoms with Gasteiger partial charge in [0.15, 0.2) is 0 Å². The molecule has 0 aromatic rings. The van der Waals surface area contributed by atoms with Crippen LogP contribution < -0.4 is 11.1 Å². The van der Waals surface area contributed by atoms with Gasteiger partial charge in [0.25, 0.3) is 0 Å². The van der Waals surface area contributed by atoms with E-state index in [9.17, 15) is 4.79 Å². The minimum Gasteiger partial charge on any atom is -0.368 e. The van der Waals surface area contributed by atoms with Crippen LogP contribution in [-0.2, 0) is 9.53 Å². The summed E-state index contributed by atoms with van der Waals surface area (Å²) in [5.41, 5.74) is 10.3. The maximum atomic E-state index is 12.2. The second-order valence-electron chi connectivity index (χ2n) is 13.2. The van der Waals surface area contributed by atoms with E-state index in [2.05, 4.69) is 33.0 Å². The Balaban J connectivity index is 1.29. The zero-order valence-electron chi connectivity index (χ0n) is 20.7. The van der Waals surface area contributed by atoms with Gasteiger partial charge in [0.2, 0.25) is 0 Å². The van der Waals surface area contributed by atoms with Gasteiger partial charge in [-0.1, -0.05) is 31.9 Å². The Kier molecular flexibility index (Phi) is 4.87. The lowest BCUT2D eigenvalue weighted by molar-refractivity contribution is -0.129. The number of carbonyl (C=O) groups is 1. The molecule has 2 heterocycles. The first-order chi connectivity index (χ1) is 15.2. The van der Waals surface area contributed by atoms with Crippen LogP contribution in [0, 0.1) is 40.9 Å². The van der Waals surface area contributed by atoms with Crippen LogP contribution >= 0.6 is 0 Å². The summed E-state index contributed by atoms with van der Waals surface area (Å²) in [7, 11) is 0. The van der Waals surface area contributed by atoms with Crippen molar-refractivity contribution in [2.45, 2.75) is 109 Å². The van der Waals surface area contributed by atoms with E-state index in [-0.39, 0.29) is 17.4 Å². The Bertz CT molecular complexity index is 852. The van der Waals surface area contributed by atoms with Crippen molar-refractivity contribution < 1.29 is 9.53 Å². The normalized spacial score (nSPS) is 55.3. The number of hydrogen-bond acceptors (Lipinski definition) is 4. The number of nitrogens with two attached hydrogens (primary N) is 1. The minimum absolute atomic E-state index is 0.105. The number of ether oxygens (including phenoxy) is 1. The van der Waals surface area contributed by atoms with Crippen molar-refractivity contribution in [2.24, 2.45) is 46.7 Å². The van der Waals surface area contributed by atoms with Crippen molar-refractivity contribution in [3.8, 4) is 0 Å². The molecule has 3 saturated carbocycles. The molecule has 4 aliphatic carbocycles. The summed E-state index contributed by atoms with van der Waals surface area (Å²) in [5, 5.41) is 3.71. The minimum atomic E-state index is -0.375. The monoisotopic (exact) mass is 440 g/mol. The van der Waals surface area contributed by atoms with E-state index in [1.165, 1.54) is 25.7 Å². The van der Waals surface area contributed by atoms with Crippen LogP contribution in [0.4, 0.5) is 0 Å². The summed E-state index contributed by atoms with van der Waals surface area (Å²) >= 11 is 0. The molecule has 2 saturated heterocycles. The maximum Gasteiger partial charge on any atom is 0.133 e. The molecule has 178 valence electrons. The number of hydrogen-bond donors (Lipinski definition) is 2. The highest BCUT2D eigenvalue weighted by atomic mass is 16.5. The number of piperidine rings is 1. The molecule has 6 aliphatic rings. The van der Waals surface area contributed by atoms with Crippen molar-refractivity contribution in [2.75, 3.05) is 6.54 Å². The molecule has 0 amide bonds. The van der Waals surface area contributed by atoms with Gasteiger partial charge in [-0.05, 0) is 99.8 Å². The Labute approximate surface area is 194 Å². The highest BCUT2D eigenvalue weighted by molar-refractivity contribution is 5.79. The van der Waals surface area contributed by atoms with E-state index in [1.54, 1.807) is 11.1 Å². The average Bonchev–Trinajstić information content (AvgIpc) is 3.18. The smallest absolute Gasteiger partial charge is 0.133 e. The van der Waals surface area contributed by atoms with Crippen LogP contribution in [0.2, 0.25) is 0 Å². The first kappa shape index (κ1) is 21.8. The summed E-state index contributed by atoms with van der Waals surface area (Å²) in [4.78, 5) is 12.2. The van der Waals surface area contributed by atoms with Gasteiger partial charge in [-0.2, -0.15) is 0 Å². The third-order valence-electron chi connectivity index (χ3n) is 11.7. The molecule has 0 radical (unpaired) electrons. The number of allylic oxidation sites excluding steroid dienone is 1. The molecule has 10 atom stereocenters. The Hall–Kier alpha value is -0.710. The SMILES string of the molecule is CC1=C2C[C@H]3[C@@H](CC[C@@H]4CC(=O)CC[C@@]43C)[C@@H]2CCC2(C1)O[C@@H]1C[C@H](C)CN[C@@]1(N)[C@H]2C. The molecule has 32 heavy (non-hydrogen) atoms. The molecule has 6 rings (SSSR count). The molecule has 2 aliphatic heterocycles. The van der Waals surface area contributed by atoms with Gasteiger partial charge in [-0.15, -0.1) is 0 Å². The van der Waals surface area contributed by atoms with E-state index in [1.807, 2.05) is 0 Å². The Morgan fingerprint density at radius 3 is 2.75 bits per heavy atom. The van der Waals surface area contributed by atoms with E-state index >= 15 is 0 Å². The second kappa shape index (κ2) is 7.15. The number of fused-ring (bicyclic) bond motifs is 6. The van der Waals surface area contributed by atoms with Crippen molar-refractivity contribution >= 4 is 5.78 Å². The van der Waals surface area contributed by atoms with Crippen LogP contribution in [-0.4, -0.2) is 29.7 Å². The van der Waals surface area contributed by atoms with Crippen LogP contribution in [0.5, 0.6) is 0 Å². The summed E-state index contributed by atoms with van der Waals surface area (Å²) < 4.78 is 6.99. The van der Waals surface area contributed by atoms with Crippen LogP contribution in [0.25, 0.3) is 0 Å². The van der Waals surface area contributed by atoms with Gasteiger partial charge in [0, 0.05) is 18.8 Å².